The summed E-state index contributed by atoms with van der Waals surface area (Å²) >= 11 is 0. The van der Waals surface area contributed by atoms with Crippen LogP contribution in [0.15, 0.2) is 36.9 Å². The molecule has 0 aromatic carbocycles. The largest absolute Gasteiger partial charge is 0.354 e. The van der Waals surface area contributed by atoms with E-state index in [2.05, 4.69) is 15.4 Å². The predicted molar refractivity (Wildman–Crippen MR) is 71.1 cm³/mol. The number of hydrogen-bond donors (Lipinski definition) is 2. The molecule has 0 aliphatic carbocycles. The first-order chi connectivity index (χ1) is 9.16. The predicted octanol–water partition coefficient (Wildman–Crippen LogP) is 0.174. The maximum atomic E-state index is 11.9. The van der Waals surface area contributed by atoms with Crippen LogP contribution in [0.4, 0.5) is 0 Å². The minimum absolute atomic E-state index is 0.197. The first-order valence-electron chi connectivity index (χ1n) is 6.07. The third-order valence-electron chi connectivity index (χ3n) is 2.80. The second kappa shape index (κ2) is 6.10. The third kappa shape index (κ3) is 3.62. The van der Waals surface area contributed by atoms with Crippen LogP contribution in [0.2, 0.25) is 0 Å². The van der Waals surface area contributed by atoms with E-state index in [0.29, 0.717) is 12.1 Å². The molecule has 1 amide bonds. The molecular formula is C13H17N5O. The molecule has 0 saturated heterocycles. The van der Waals surface area contributed by atoms with Gasteiger partial charge in [-0.15, -0.1) is 0 Å². The van der Waals surface area contributed by atoms with E-state index in [1.165, 1.54) is 0 Å². The van der Waals surface area contributed by atoms with Gasteiger partial charge in [-0.3, -0.25) is 14.5 Å². The number of pyridine rings is 1. The smallest absolute Gasteiger partial charge is 0.241 e. The van der Waals surface area contributed by atoms with Crippen molar-refractivity contribution in [3.05, 3.63) is 48.0 Å². The maximum absolute atomic E-state index is 11.9. The Morgan fingerprint density at radius 2 is 2.37 bits per heavy atom. The topological polar surface area (TPSA) is 85.8 Å². The molecular weight excluding hydrogens is 242 g/mol. The number of carbonyl (C=O) groups excluding carboxylic acids is 1. The van der Waals surface area contributed by atoms with Crippen molar-refractivity contribution in [2.24, 2.45) is 12.8 Å². The van der Waals surface area contributed by atoms with Crippen molar-refractivity contribution in [1.82, 2.24) is 20.1 Å². The molecule has 2 rings (SSSR count). The number of carbonyl (C=O) groups is 1. The molecule has 2 aromatic rings. The minimum Gasteiger partial charge on any atom is -0.354 e. The molecule has 0 bridgehead atoms. The second-order valence-corrected chi connectivity index (χ2v) is 4.33. The quantitative estimate of drug-likeness (QED) is 0.801. The van der Waals surface area contributed by atoms with Crippen LogP contribution < -0.4 is 11.1 Å². The van der Waals surface area contributed by atoms with E-state index < -0.39 is 6.04 Å². The Morgan fingerprint density at radius 3 is 3.00 bits per heavy atom. The summed E-state index contributed by atoms with van der Waals surface area (Å²) in [7, 11) is 1.79. The molecule has 0 aliphatic heterocycles. The monoisotopic (exact) mass is 259 g/mol. The zero-order valence-corrected chi connectivity index (χ0v) is 10.8. The van der Waals surface area contributed by atoms with Gasteiger partial charge in [0, 0.05) is 37.7 Å². The van der Waals surface area contributed by atoms with Gasteiger partial charge in [-0.1, -0.05) is 6.07 Å². The van der Waals surface area contributed by atoms with E-state index in [1.54, 1.807) is 36.5 Å². The molecule has 1 unspecified atom stereocenters. The first-order valence-corrected chi connectivity index (χ1v) is 6.07. The fraction of sp³-hybridized carbons (Fsp3) is 0.308. The summed E-state index contributed by atoms with van der Waals surface area (Å²) in [6.45, 7) is 0.540. The van der Waals surface area contributed by atoms with Gasteiger partial charge in [0.1, 0.15) is 6.04 Å². The van der Waals surface area contributed by atoms with Gasteiger partial charge in [0.2, 0.25) is 5.91 Å². The molecule has 0 spiro atoms. The zero-order valence-electron chi connectivity index (χ0n) is 10.8. The average Bonchev–Trinajstić information content (AvgIpc) is 2.85. The molecule has 0 saturated carbocycles. The van der Waals surface area contributed by atoms with Crippen molar-refractivity contribution in [3.63, 3.8) is 0 Å². The Morgan fingerprint density at radius 1 is 1.53 bits per heavy atom. The summed E-state index contributed by atoms with van der Waals surface area (Å²) in [6.07, 6.45) is 7.59. The van der Waals surface area contributed by atoms with Gasteiger partial charge >= 0.3 is 0 Å². The van der Waals surface area contributed by atoms with Gasteiger partial charge < -0.3 is 11.1 Å². The number of aromatic nitrogens is 3. The van der Waals surface area contributed by atoms with E-state index in [4.69, 9.17) is 5.73 Å². The molecule has 0 aliphatic rings. The molecule has 1 atom stereocenters. The van der Waals surface area contributed by atoms with E-state index in [1.807, 2.05) is 12.1 Å². The Bertz CT molecular complexity index is 537. The molecule has 3 N–H and O–H groups in total. The SMILES string of the molecule is Cn1cc(C(N)C(=O)NCCc2cccnc2)cn1. The van der Waals surface area contributed by atoms with E-state index in [0.717, 1.165) is 12.0 Å². The highest BCUT2D eigenvalue weighted by Gasteiger charge is 2.16. The number of nitrogens with zero attached hydrogens (tertiary/aromatic N) is 3. The number of rotatable bonds is 5. The Balaban J connectivity index is 1.81. The lowest BCUT2D eigenvalue weighted by Gasteiger charge is -2.10. The van der Waals surface area contributed by atoms with Crippen molar-refractivity contribution in [1.29, 1.82) is 0 Å². The van der Waals surface area contributed by atoms with Crippen molar-refractivity contribution < 1.29 is 4.79 Å². The van der Waals surface area contributed by atoms with Gasteiger partial charge in [-0.2, -0.15) is 5.10 Å². The van der Waals surface area contributed by atoms with Crippen LogP contribution in [0, 0.1) is 0 Å². The number of aryl methyl sites for hydroxylation is 1. The van der Waals surface area contributed by atoms with Crippen molar-refractivity contribution >= 4 is 5.91 Å². The van der Waals surface area contributed by atoms with Crippen LogP contribution in [0.3, 0.4) is 0 Å². The van der Waals surface area contributed by atoms with Gasteiger partial charge in [0.05, 0.1) is 6.20 Å². The number of nitrogens with one attached hydrogen (secondary N) is 1. The maximum Gasteiger partial charge on any atom is 0.241 e. The van der Waals surface area contributed by atoms with Gasteiger partial charge in [0.25, 0.3) is 0 Å². The van der Waals surface area contributed by atoms with Crippen LogP contribution in [0.5, 0.6) is 0 Å². The van der Waals surface area contributed by atoms with Crippen molar-refractivity contribution in [2.45, 2.75) is 12.5 Å². The van der Waals surface area contributed by atoms with Crippen LogP contribution in [0.25, 0.3) is 0 Å². The zero-order chi connectivity index (χ0) is 13.7. The average molecular weight is 259 g/mol. The van der Waals surface area contributed by atoms with Crippen molar-refractivity contribution in [3.8, 4) is 0 Å². The summed E-state index contributed by atoms with van der Waals surface area (Å²) in [6, 6.07) is 3.17. The Labute approximate surface area is 111 Å². The summed E-state index contributed by atoms with van der Waals surface area (Å²) in [5.41, 5.74) is 7.64. The summed E-state index contributed by atoms with van der Waals surface area (Å²) < 4.78 is 1.62. The second-order valence-electron chi connectivity index (χ2n) is 4.33. The van der Waals surface area contributed by atoms with Gasteiger partial charge in [-0.05, 0) is 18.1 Å². The highest BCUT2D eigenvalue weighted by Crippen LogP contribution is 2.08. The summed E-state index contributed by atoms with van der Waals surface area (Å²) in [5, 5.41) is 6.81. The Kier molecular flexibility index (Phi) is 4.25. The number of hydrogen-bond acceptors (Lipinski definition) is 4. The molecule has 0 radical (unpaired) electrons. The standard InChI is InChI=1S/C13H17N5O/c1-18-9-11(8-17-18)12(14)13(19)16-6-4-10-3-2-5-15-7-10/h2-3,5,7-9,12H,4,6,14H2,1H3,(H,16,19). The molecule has 19 heavy (non-hydrogen) atoms. The molecule has 6 heteroatoms. The summed E-state index contributed by atoms with van der Waals surface area (Å²) in [4.78, 5) is 15.9. The lowest BCUT2D eigenvalue weighted by molar-refractivity contribution is -0.122. The first kappa shape index (κ1) is 13.2. The van der Waals surface area contributed by atoms with E-state index >= 15 is 0 Å². The van der Waals surface area contributed by atoms with Crippen LogP contribution in [0.1, 0.15) is 17.2 Å². The molecule has 0 fully saturated rings. The lowest BCUT2D eigenvalue weighted by Crippen LogP contribution is -2.35. The van der Waals surface area contributed by atoms with Gasteiger partial charge in [-0.25, -0.2) is 0 Å². The third-order valence-corrected chi connectivity index (χ3v) is 2.80. The molecule has 100 valence electrons. The minimum atomic E-state index is -0.678. The fourth-order valence-electron chi connectivity index (χ4n) is 1.74. The Hall–Kier alpha value is -2.21. The highest BCUT2D eigenvalue weighted by atomic mass is 16.2. The van der Waals surface area contributed by atoms with Gasteiger partial charge in [0.15, 0.2) is 0 Å². The van der Waals surface area contributed by atoms with Crippen LogP contribution in [-0.2, 0) is 18.3 Å². The molecule has 2 heterocycles. The fourth-order valence-corrected chi connectivity index (χ4v) is 1.74. The van der Waals surface area contributed by atoms with Crippen molar-refractivity contribution in [2.75, 3.05) is 6.54 Å². The highest BCUT2D eigenvalue weighted by molar-refractivity contribution is 5.82. The van der Waals surface area contributed by atoms with E-state index in [9.17, 15) is 4.79 Å². The molecule has 2 aromatic heterocycles. The van der Waals surface area contributed by atoms with E-state index in [-0.39, 0.29) is 5.91 Å². The normalized spacial score (nSPS) is 12.1. The van der Waals surface area contributed by atoms with Crippen LogP contribution in [-0.4, -0.2) is 27.2 Å². The number of amides is 1. The van der Waals surface area contributed by atoms with Crippen LogP contribution >= 0.6 is 0 Å². The number of nitrogens with two attached hydrogens (primary N) is 1. The lowest BCUT2D eigenvalue weighted by atomic mass is 10.1. The molecule has 6 nitrogen and oxygen atoms in total. The summed E-state index contributed by atoms with van der Waals surface area (Å²) in [5.74, 6) is -0.197.